The van der Waals surface area contributed by atoms with Crippen molar-refractivity contribution in [1.82, 2.24) is 0 Å². The first kappa shape index (κ1) is 10.7. The number of rotatable bonds is 1. The van der Waals surface area contributed by atoms with Crippen molar-refractivity contribution in [2.45, 2.75) is 0 Å². The lowest BCUT2D eigenvalue weighted by molar-refractivity contribution is 0.475. The molecule has 0 saturated carbocycles. The molecule has 0 unspecified atom stereocenters. The zero-order valence-electron chi connectivity index (χ0n) is 8.31. The molecule has 2 nitrogen and oxygen atoms in total. The van der Waals surface area contributed by atoms with Gasteiger partial charge in [-0.25, -0.2) is 0 Å². The van der Waals surface area contributed by atoms with Gasteiger partial charge in [-0.15, -0.1) is 0 Å². The highest BCUT2D eigenvalue weighted by molar-refractivity contribution is 9.10. The van der Waals surface area contributed by atoms with Crippen molar-refractivity contribution in [3.63, 3.8) is 0 Å². The fourth-order valence-electron chi connectivity index (χ4n) is 1.51. The Labute approximate surface area is 102 Å². The van der Waals surface area contributed by atoms with Crippen LogP contribution in [0.3, 0.4) is 0 Å². The van der Waals surface area contributed by atoms with Crippen LogP contribution < -0.4 is 0 Å². The summed E-state index contributed by atoms with van der Waals surface area (Å²) >= 11 is 3.32. The number of aromatic hydroxyl groups is 1. The molecule has 0 aliphatic heterocycles. The molecule has 0 bridgehead atoms. The topological polar surface area (TPSA) is 44.0 Å². The number of nitriles is 1. The molecule has 2 rings (SSSR count). The summed E-state index contributed by atoms with van der Waals surface area (Å²) in [7, 11) is 0. The lowest BCUT2D eigenvalue weighted by Gasteiger charge is -2.04. The Morgan fingerprint density at radius 2 is 1.88 bits per heavy atom. The lowest BCUT2D eigenvalue weighted by atomic mass is 10.0. The minimum absolute atomic E-state index is 0.201. The lowest BCUT2D eigenvalue weighted by Crippen LogP contribution is -1.80. The molecule has 0 atom stereocenters. The average Bonchev–Trinajstić information content (AvgIpc) is 2.28. The summed E-state index contributed by atoms with van der Waals surface area (Å²) in [5.41, 5.74) is 2.40. The van der Waals surface area contributed by atoms with Gasteiger partial charge < -0.3 is 5.11 Å². The van der Waals surface area contributed by atoms with Crippen LogP contribution in [0.5, 0.6) is 5.75 Å². The summed E-state index contributed by atoms with van der Waals surface area (Å²) in [5, 5.41) is 18.3. The third kappa shape index (κ3) is 2.23. The van der Waals surface area contributed by atoms with E-state index in [9.17, 15) is 5.11 Å². The van der Waals surface area contributed by atoms with E-state index in [1.54, 1.807) is 24.3 Å². The molecule has 0 fully saturated rings. The Morgan fingerprint density at radius 3 is 2.56 bits per heavy atom. The summed E-state index contributed by atoms with van der Waals surface area (Å²) in [5.74, 6) is 0.201. The number of halogens is 1. The van der Waals surface area contributed by atoms with Crippen molar-refractivity contribution in [3.8, 4) is 22.9 Å². The summed E-state index contributed by atoms with van der Waals surface area (Å²) in [4.78, 5) is 0. The van der Waals surface area contributed by atoms with E-state index in [1.807, 2.05) is 18.2 Å². The van der Waals surface area contributed by atoms with Crippen LogP contribution in [-0.4, -0.2) is 5.11 Å². The van der Waals surface area contributed by atoms with E-state index in [0.29, 0.717) is 5.56 Å². The van der Waals surface area contributed by atoms with Crippen LogP contribution in [-0.2, 0) is 0 Å². The molecule has 0 aromatic heterocycles. The highest BCUT2D eigenvalue weighted by Gasteiger charge is 2.02. The summed E-state index contributed by atoms with van der Waals surface area (Å²) in [6.07, 6.45) is 0. The van der Waals surface area contributed by atoms with E-state index < -0.39 is 0 Å². The number of nitrogens with zero attached hydrogens (tertiary/aromatic N) is 1. The number of benzene rings is 2. The second-order valence-corrected chi connectivity index (χ2v) is 4.31. The third-order valence-electron chi connectivity index (χ3n) is 2.21. The number of phenols is 1. The molecule has 2 aromatic rings. The van der Waals surface area contributed by atoms with Crippen LogP contribution in [0.2, 0.25) is 0 Å². The van der Waals surface area contributed by atoms with Gasteiger partial charge in [0.2, 0.25) is 0 Å². The highest BCUT2D eigenvalue weighted by Crippen LogP contribution is 2.28. The van der Waals surface area contributed by atoms with Gasteiger partial charge in [-0.05, 0) is 41.5 Å². The van der Waals surface area contributed by atoms with Crippen molar-refractivity contribution in [3.05, 3.63) is 52.5 Å². The van der Waals surface area contributed by atoms with Gasteiger partial charge in [0.15, 0.2) is 0 Å². The van der Waals surface area contributed by atoms with Gasteiger partial charge in [0.05, 0.1) is 11.6 Å². The molecule has 0 spiro atoms. The van der Waals surface area contributed by atoms with Gasteiger partial charge in [0, 0.05) is 4.47 Å². The first-order valence-corrected chi connectivity index (χ1v) is 5.48. The second-order valence-electron chi connectivity index (χ2n) is 3.39. The fraction of sp³-hybridized carbons (Fsp3) is 0. The Hall–Kier alpha value is -1.79. The normalized spacial score (nSPS) is 9.75. The highest BCUT2D eigenvalue weighted by atomic mass is 79.9. The van der Waals surface area contributed by atoms with Gasteiger partial charge in [0.1, 0.15) is 5.75 Å². The summed E-state index contributed by atoms with van der Waals surface area (Å²) < 4.78 is 0.810. The molecule has 3 heteroatoms. The fourth-order valence-corrected chi connectivity index (χ4v) is 1.99. The van der Waals surface area contributed by atoms with Crippen LogP contribution in [0.1, 0.15) is 5.56 Å². The quantitative estimate of drug-likeness (QED) is 0.861. The first-order valence-electron chi connectivity index (χ1n) is 4.69. The Bertz CT molecular complexity index is 552. The van der Waals surface area contributed by atoms with Crippen molar-refractivity contribution in [2.75, 3.05) is 0 Å². The molecule has 1 N–H and O–H groups in total. The van der Waals surface area contributed by atoms with E-state index in [2.05, 4.69) is 22.0 Å². The van der Waals surface area contributed by atoms with E-state index in [1.165, 1.54) is 0 Å². The predicted molar refractivity (Wildman–Crippen MR) is 66.0 cm³/mol. The zero-order valence-corrected chi connectivity index (χ0v) is 9.90. The van der Waals surface area contributed by atoms with Crippen molar-refractivity contribution in [2.24, 2.45) is 0 Å². The van der Waals surface area contributed by atoms with Gasteiger partial charge in [-0.1, -0.05) is 28.1 Å². The molecule has 16 heavy (non-hydrogen) atoms. The number of hydrogen-bond donors (Lipinski definition) is 1. The Morgan fingerprint density at radius 1 is 1.06 bits per heavy atom. The smallest absolute Gasteiger partial charge is 0.117 e. The first-order chi connectivity index (χ1) is 7.69. The molecule has 0 amide bonds. The molecule has 2 aromatic carbocycles. The van der Waals surface area contributed by atoms with Crippen LogP contribution in [0.15, 0.2) is 46.9 Å². The van der Waals surface area contributed by atoms with Gasteiger partial charge in [-0.3, -0.25) is 0 Å². The average molecular weight is 274 g/mol. The largest absolute Gasteiger partial charge is 0.508 e. The molecule has 0 aliphatic carbocycles. The van der Waals surface area contributed by atoms with Crippen LogP contribution >= 0.6 is 15.9 Å². The SMILES string of the molecule is N#Cc1cccc(-c2cc(O)cc(Br)c2)c1. The van der Waals surface area contributed by atoms with E-state index in [0.717, 1.165) is 15.6 Å². The molecular weight excluding hydrogens is 266 g/mol. The molecule has 0 heterocycles. The van der Waals surface area contributed by atoms with Crippen molar-refractivity contribution >= 4 is 15.9 Å². The monoisotopic (exact) mass is 273 g/mol. The van der Waals surface area contributed by atoms with Crippen LogP contribution in [0.4, 0.5) is 0 Å². The van der Waals surface area contributed by atoms with Crippen molar-refractivity contribution < 1.29 is 5.11 Å². The zero-order chi connectivity index (χ0) is 11.5. The number of hydrogen-bond acceptors (Lipinski definition) is 2. The second kappa shape index (κ2) is 4.38. The van der Waals surface area contributed by atoms with Crippen LogP contribution in [0, 0.1) is 11.3 Å². The molecule has 0 saturated heterocycles. The number of phenolic OH excluding ortho intramolecular Hbond substituents is 1. The maximum absolute atomic E-state index is 9.49. The van der Waals surface area contributed by atoms with E-state index in [4.69, 9.17) is 5.26 Å². The molecule has 0 radical (unpaired) electrons. The molecule has 0 aliphatic rings. The maximum atomic E-state index is 9.49. The minimum Gasteiger partial charge on any atom is -0.508 e. The van der Waals surface area contributed by atoms with Crippen LogP contribution in [0.25, 0.3) is 11.1 Å². The summed E-state index contributed by atoms with van der Waals surface area (Å²) in [6.45, 7) is 0. The van der Waals surface area contributed by atoms with E-state index >= 15 is 0 Å². The predicted octanol–water partition coefficient (Wildman–Crippen LogP) is 3.69. The third-order valence-corrected chi connectivity index (χ3v) is 2.67. The molecule has 78 valence electrons. The van der Waals surface area contributed by atoms with Gasteiger partial charge in [0.25, 0.3) is 0 Å². The van der Waals surface area contributed by atoms with E-state index in [-0.39, 0.29) is 5.75 Å². The molecular formula is C13H8BrNO. The standard InChI is InChI=1S/C13H8BrNO/c14-12-5-11(6-13(16)7-12)10-3-1-2-9(4-10)8-15/h1-7,16H. The summed E-state index contributed by atoms with van der Waals surface area (Å²) in [6, 6.07) is 14.6. The van der Waals surface area contributed by atoms with Gasteiger partial charge >= 0.3 is 0 Å². The minimum atomic E-state index is 0.201. The maximum Gasteiger partial charge on any atom is 0.117 e. The van der Waals surface area contributed by atoms with Crippen molar-refractivity contribution in [1.29, 1.82) is 5.26 Å². The Balaban J connectivity index is 2.54. The van der Waals surface area contributed by atoms with Gasteiger partial charge in [-0.2, -0.15) is 5.26 Å². The Kier molecular flexibility index (Phi) is 2.93.